The molecule has 3 N–H and O–H groups in total. The van der Waals surface area contributed by atoms with Crippen molar-refractivity contribution in [1.82, 2.24) is 15.3 Å². The van der Waals surface area contributed by atoms with E-state index in [4.69, 9.17) is 5.73 Å². The maximum Gasteiger partial charge on any atom is 0.271 e. The summed E-state index contributed by atoms with van der Waals surface area (Å²) >= 11 is 1.75. The number of nitrogen functional groups attached to an aromatic ring is 1. The van der Waals surface area contributed by atoms with Crippen molar-refractivity contribution < 1.29 is 4.79 Å². The normalized spacial score (nSPS) is 12.1. The Balaban J connectivity index is 1.93. The first-order valence-electron chi connectivity index (χ1n) is 5.98. The smallest absolute Gasteiger partial charge is 0.271 e. The highest BCUT2D eigenvalue weighted by atomic mass is 32.1. The van der Waals surface area contributed by atoms with Crippen LogP contribution in [0.4, 0.5) is 5.82 Å². The van der Waals surface area contributed by atoms with E-state index in [1.54, 1.807) is 11.3 Å². The lowest BCUT2D eigenvalue weighted by molar-refractivity contribution is 0.0935. The molecule has 2 heterocycles. The van der Waals surface area contributed by atoms with E-state index in [-0.39, 0.29) is 17.6 Å². The summed E-state index contributed by atoms with van der Waals surface area (Å²) in [6, 6.07) is 4.22. The average molecular weight is 276 g/mol. The number of rotatable bonds is 4. The van der Waals surface area contributed by atoms with Gasteiger partial charge in [0.2, 0.25) is 0 Å². The standard InChI is InChI=1S/C13H16N4OS/c1-8(5-10-4-3-9(2)19-10)17-13(18)11-6-16-12(14)7-15-11/h3-4,6-8H,5H2,1-2H3,(H2,14,16)(H,17,18). The summed E-state index contributed by atoms with van der Waals surface area (Å²) in [5.74, 6) is 0.0759. The Kier molecular flexibility index (Phi) is 4.11. The zero-order chi connectivity index (χ0) is 13.8. The van der Waals surface area contributed by atoms with E-state index in [1.807, 2.05) is 6.92 Å². The number of aromatic nitrogens is 2. The highest BCUT2D eigenvalue weighted by Crippen LogP contribution is 2.16. The Labute approximate surface area is 115 Å². The Morgan fingerprint density at radius 3 is 2.79 bits per heavy atom. The number of thiophene rings is 1. The van der Waals surface area contributed by atoms with Gasteiger partial charge in [0, 0.05) is 22.2 Å². The molecule has 0 saturated heterocycles. The second kappa shape index (κ2) is 5.79. The van der Waals surface area contributed by atoms with Crippen molar-refractivity contribution in [3.05, 3.63) is 40.0 Å². The van der Waals surface area contributed by atoms with Crippen molar-refractivity contribution in [3.63, 3.8) is 0 Å². The van der Waals surface area contributed by atoms with Crippen LogP contribution in [0.25, 0.3) is 0 Å². The van der Waals surface area contributed by atoms with Gasteiger partial charge in [-0.3, -0.25) is 4.79 Å². The topological polar surface area (TPSA) is 80.9 Å². The number of carbonyl (C=O) groups is 1. The molecule has 0 aliphatic heterocycles. The van der Waals surface area contributed by atoms with Gasteiger partial charge in [-0.1, -0.05) is 0 Å². The molecule has 0 radical (unpaired) electrons. The fourth-order valence-corrected chi connectivity index (χ4v) is 2.72. The molecule has 0 fully saturated rings. The molecule has 1 unspecified atom stereocenters. The number of amides is 1. The minimum absolute atomic E-state index is 0.0462. The summed E-state index contributed by atoms with van der Waals surface area (Å²) in [4.78, 5) is 22.2. The molecule has 100 valence electrons. The van der Waals surface area contributed by atoms with E-state index in [0.29, 0.717) is 5.82 Å². The molecular weight excluding hydrogens is 260 g/mol. The van der Waals surface area contributed by atoms with Crippen LogP contribution in [0, 0.1) is 6.92 Å². The Morgan fingerprint density at radius 1 is 1.42 bits per heavy atom. The van der Waals surface area contributed by atoms with Crippen LogP contribution >= 0.6 is 11.3 Å². The van der Waals surface area contributed by atoms with Gasteiger partial charge < -0.3 is 11.1 Å². The second-order valence-corrected chi connectivity index (χ2v) is 5.79. The molecule has 19 heavy (non-hydrogen) atoms. The molecule has 5 nitrogen and oxygen atoms in total. The van der Waals surface area contributed by atoms with Gasteiger partial charge in [0.15, 0.2) is 0 Å². The lowest BCUT2D eigenvalue weighted by atomic mass is 10.2. The van der Waals surface area contributed by atoms with Crippen LogP contribution in [0.2, 0.25) is 0 Å². The van der Waals surface area contributed by atoms with Crippen LogP contribution in [0.1, 0.15) is 27.2 Å². The lowest BCUT2D eigenvalue weighted by Gasteiger charge is -2.12. The average Bonchev–Trinajstić information content (AvgIpc) is 2.75. The molecule has 0 aromatic carbocycles. The van der Waals surface area contributed by atoms with Crippen molar-refractivity contribution in [2.75, 3.05) is 5.73 Å². The van der Waals surface area contributed by atoms with E-state index in [9.17, 15) is 4.79 Å². The summed E-state index contributed by atoms with van der Waals surface area (Å²) in [6.45, 7) is 4.04. The van der Waals surface area contributed by atoms with Crippen LogP contribution < -0.4 is 11.1 Å². The summed E-state index contributed by atoms with van der Waals surface area (Å²) in [6.07, 6.45) is 3.57. The third kappa shape index (κ3) is 3.75. The molecule has 6 heteroatoms. The van der Waals surface area contributed by atoms with E-state index in [0.717, 1.165) is 6.42 Å². The maximum absolute atomic E-state index is 11.9. The number of nitrogens with two attached hydrogens (primary N) is 1. The quantitative estimate of drug-likeness (QED) is 0.892. The fraction of sp³-hybridized carbons (Fsp3) is 0.308. The molecular formula is C13H16N4OS. The van der Waals surface area contributed by atoms with Crippen molar-refractivity contribution in [1.29, 1.82) is 0 Å². The van der Waals surface area contributed by atoms with Crippen LogP contribution in [0.15, 0.2) is 24.5 Å². The number of nitrogens with zero attached hydrogens (tertiary/aromatic N) is 2. The van der Waals surface area contributed by atoms with Gasteiger partial charge in [0.25, 0.3) is 5.91 Å². The first-order chi connectivity index (χ1) is 9.04. The van der Waals surface area contributed by atoms with Gasteiger partial charge in [0.05, 0.1) is 12.4 Å². The number of aryl methyl sites for hydroxylation is 1. The predicted molar refractivity (Wildman–Crippen MR) is 76.1 cm³/mol. The maximum atomic E-state index is 11.9. The Bertz CT molecular complexity index is 564. The largest absolute Gasteiger partial charge is 0.382 e. The summed E-state index contributed by atoms with van der Waals surface area (Å²) in [5, 5.41) is 2.90. The van der Waals surface area contributed by atoms with Gasteiger partial charge in [-0.05, 0) is 26.0 Å². The number of hydrogen-bond donors (Lipinski definition) is 2. The molecule has 0 bridgehead atoms. The third-order valence-electron chi connectivity index (χ3n) is 2.59. The molecule has 0 aliphatic rings. The van der Waals surface area contributed by atoms with Gasteiger partial charge in [-0.2, -0.15) is 0 Å². The predicted octanol–water partition coefficient (Wildman–Crippen LogP) is 1.79. The third-order valence-corrected chi connectivity index (χ3v) is 3.61. The van der Waals surface area contributed by atoms with E-state index < -0.39 is 0 Å². The van der Waals surface area contributed by atoms with Gasteiger partial charge in [-0.15, -0.1) is 11.3 Å². The van der Waals surface area contributed by atoms with E-state index in [1.165, 1.54) is 22.1 Å². The summed E-state index contributed by atoms with van der Waals surface area (Å²) in [5.41, 5.74) is 5.71. The van der Waals surface area contributed by atoms with Crippen molar-refractivity contribution in [2.24, 2.45) is 0 Å². The fourth-order valence-electron chi connectivity index (χ4n) is 1.70. The molecule has 0 aliphatic carbocycles. The molecule has 2 aromatic heterocycles. The zero-order valence-electron chi connectivity index (χ0n) is 10.9. The molecule has 1 amide bonds. The van der Waals surface area contributed by atoms with Crippen LogP contribution in [0.5, 0.6) is 0 Å². The van der Waals surface area contributed by atoms with Crippen molar-refractivity contribution in [2.45, 2.75) is 26.3 Å². The first kappa shape index (κ1) is 13.5. The number of nitrogens with one attached hydrogen (secondary N) is 1. The molecule has 0 spiro atoms. The minimum Gasteiger partial charge on any atom is -0.382 e. The van der Waals surface area contributed by atoms with Gasteiger partial charge in [-0.25, -0.2) is 9.97 Å². The second-order valence-electron chi connectivity index (χ2n) is 4.42. The molecule has 2 aromatic rings. The molecule has 1 atom stereocenters. The summed E-state index contributed by atoms with van der Waals surface area (Å²) in [7, 11) is 0. The van der Waals surface area contributed by atoms with Crippen LogP contribution in [-0.2, 0) is 6.42 Å². The van der Waals surface area contributed by atoms with Crippen LogP contribution in [0.3, 0.4) is 0 Å². The molecule has 0 saturated carbocycles. The highest BCUT2D eigenvalue weighted by Gasteiger charge is 2.12. The minimum atomic E-state index is -0.228. The first-order valence-corrected chi connectivity index (χ1v) is 6.80. The zero-order valence-corrected chi connectivity index (χ0v) is 11.7. The number of anilines is 1. The number of hydrogen-bond acceptors (Lipinski definition) is 5. The number of carbonyl (C=O) groups excluding carboxylic acids is 1. The Morgan fingerprint density at radius 2 is 2.21 bits per heavy atom. The Hall–Kier alpha value is -1.95. The lowest BCUT2D eigenvalue weighted by Crippen LogP contribution is -2.34. The summed E-state index contributed by atoms with van der Waals surface area (Å²) < 4.78 is 0. The van der Waals surface area contributed by atoms with Gasteiger partial charge >= 0.3 is 0 Å². The SMILES string of the molecule is Cc1ccc(CC(C)NC(=O)c2cnc(N)cn2)s1. The van der Waals surface area contributed by atoms with E-state index in [2.05, 4.69) is 34.3 Å². The van der Waals surface area contributed by atoms with E-state index >= 15 is 0 Å². The van der Waals surface area contributed by atoms with Gasteiger partial charge in [0.1, 0.15) is 11.5 Å². The highest BCUT2D eigenvalue weighted by molar-refractivity contribution is 7.11. The van der Waals surface area contributed by atoms with Crippen molar-refractivity contribution >= 4 is 23.1 Å². The van der Waals surface area contributed by atoms with Crippen molar-refractivity contribution in [3.8, 4) is 0 Å². The monoisotopic (exact) mass is 276 g/mol. The molecule has 2 rings (SSSR count). The van der Waals surface area contributed by atoms with Crippen LogP contribution in [-0.4, -0.2) is 21.9 Å².